The molecule has 3 heterocycles. The number of carbonyl (C=O) groups is 1. The molecule has 1 aromatic carbocycles. The number of rotatable bonds is 5. The van der Waals surface area contributed by atoms with E-state index in [1.807, 2.05) is 30.3 Å². The topological polar surface area (TPSA) is 105 Å². The third kappa shape index (κ3) is 3.30. The van der Waals surface area contributed by atoms with Gasteiger partial charge in [0.15, 0.2) is 0 Å². The fourth-order valence-corrected chi connectivity index (χ4v) is 3.21. The standard InChI is InChI=1S/C18H18N4O4/c23-15-11-13(25-20-15)8-9-16(24)22-10-4-7-14(22)18-19-17(21-26-18)12-5-2-1-3-6-12/h1-3,5-6,11,14H,4,7-10H2,(H,20,23)/t14-/m0/s1. The summed E-state index contributed by atoms with van der Waals surface area (Å²) in [5, 5.41) is 6.27. The molecule has 134 valence electrons. The van der Waals surface area contributed by atoms with Crippen molar-refractivity contribution in [3.05, 3.63) is 58.4 Å². The van der Waals surface area contributed by atoms with E-state index >= 15 is 0 Å². The zero-order valence-corrected chi connectivity index (χ0v) is 14.1. The monoisotopic (exact) mass is 354 g/mol. The highest BCUT2D eigenvalue weighted by molar-refractivity contribution is 5.77. The number of nitrogens with one attached hydrogen (secondary N) is 1. The minimum absolute atomic E-state index is 0.0178. The van der Waals surface area contributed by atoms with Gasteiger partial charge in [-0.05, 0) is 12.8 Å². The van der Waals surface area contributed by atoms with Gasteiger partial charge in [0, 0.05) is 31.0 Å². The second-order valence-corrected chi connectivity index (χ2v) is 6.25. The van der Waals surface area contributed by atoms with Crippen LogP contribution in [0.5, 0.6) is 0 Å². The van der Waals surface area contributed by atoms with Crippen LogP contribution in [0.4, 0.5) is 0 Å². The Morgan fingerprint density at radius 2 is 2.15 bits per heavy atom. The molecule has 1 aliphatic rings. The summed E-state index contributed by atoms with van der Waals surface area (Å²) in [6.45, 7) is 0.656. The molecule has 1 amide bonds. The van der Waals surface area contributed by atoms with Gasteiger partial charge >= 0.3 is 0 Å². The van der Waals surface area contributed by atoms with Crippen molar-refractivity contribution < 1.29 is 13.8 Å². The largest absolute Gasteiger partial charge is 0.384 e. The molecular weight excluding hydrogens is 336 g/mol. The number of aromatic amines is 1. The highest BCUT2D eigenvalue weighted by atomic mass is 16.5. The summed E-state index contributed by atoms with van der Waals surface area (Å²) in [5.74, 6) is 1.44. The first-order valence-corrected chi connectivity index (χ1v) is 8.56. The van der Waals surface area contributed by atoms with Gasteiger partial charge in [-0.2, -0.15) is 10.1 Å². The molecule has 8 nitrogen and oxygen atoms in total. The third-order valence-electron chi connectivity index (χ3n) is 4.49. The maximum absolute atomic E-state index is 12.6. The Bertz CT molecular complexity index is 943. The lowest BCUT2D eigenvalue weighted by molar-refractivity contribution is -0.132. The molecule has 1 atom stereocenters. The number of H-pyrrole nitrogens is 1. The van der Waals surface area contributed by atoms with Gasteiger partial charge in [0.25, 0.3) is 5.56 Å². The van der Waals surface area contributed by atoms with Crippen LogP contribution in [0.1, 0.15) is 37.0 Å². The molecule has 0 spiro atoms. The Morgan fingerprint density at radius 1 is 1.31 bits per heavy atom. The first kappa shape index (κ1) is 16.3. The lowest BCUT2D eigenvalue weighted by Gasteiger charge is -2.21. The van der Waals surface area contributed by atoms with Crippen LogP contribution in [0.2, 0.25) is 0 Å². The Kier molecular flexibility index (Phi) is 4.39. The van der Waals surface area contributed by atoms with E-state index in [-0.39, 0.29) is 23.9 Å². The lowest BCUT2D eigenvalue weighted by Crippen LogP contribution is -2.30. The lowest BCUT2D eigenvalue weighted by atomic mass is 10.2. The van der Waals surface area contributed by atoms with Crippen molar-refractivity contribution in [1.82, 2.24) is 20.2 Å². The van der Waals surface area contributed by atoms with Gasteiger partial charge in [0.05, 0.1) is 0 Å². The predicted molar refractivity (Wildman–Crippen MR) is 91.1 cm³/mol. The SMILES string of the molecule is O=C(CCc1cc(=O)[nH]o1)N1CCC[C@H]1c1nc(-c2ccccc2)no1. The Labute approximate surface area is 148 Å². The minimum atomic E-state index is -0.300. The van der Waals surface area contributed by atoms with Crippen molar-refractivity contribution in [3.63, 3.8) is 0 Å². The average molecular weight is 354 g/mol. The van der Waals surface area contributed by atoms with E-state index in [9.17, 15) is 9.59 Å². The van der Waals surface area contributed by atoms with Gasteiger partial charge in [-0.3, -0.25) is 9.59 Å². The zero-order valence-electron chi connectivity index (χ0n) is 14.1. The maximum Gasteiger partial charge on any atom is 0.280 e. The molecule has 0 saturated carbocycles. The maximum atomic E-state index is 12.6. The van der Waals surface area contributed by atoms with Crippen molar-refractivity contribution in [3.8, 4) is 11.4 Å². The number of nitrogens with zero attached hydrogens (tertiary/aromatic N) is 3. The smallest absolute Gasteiger partial charge is 0.280 e. The second kappa shape index (κ2) is 6.99. The first-order valence-electron chi connectivity index (χ1n) is 8.56. The molecule has 0 unspecified atom stereocenters. The molecule has 1 aliphatic heterocycles. The summed E-state index contributed by atoms with van der Waals surface area (Å²) in [6.07, 6.45) is 2.32. The van der Waals surface area contributed by atoms with E-state index in [2.05, 4.69) is 15.3 Å². The normalized spacial score (nSPS) is 16.9. The number of aryl methyl sites for hydroxylation is 1. The van der Waals surface area contributed by atoms with E-state index in [1.54, 1.807) is 4.90 Å². The second-order valence-electron chi connectivity index (χ2n) is 6.25. The predicted octanol–water partition coefficient (Wildman–Crippen LogP) is 2.31. The van der Waals surface area contributed by atoms with Crippen LogP contribution < -0.4 is 5.56 Å². The van der Waals surface area contributed by atoms with E-state index in [4.69, 9.17) is 9.05 Å². The minimum Gasteiger partial charge on any atom is -0.384 e. The van der Waals surface area contributed by atoms with Crippen LogP contribution in [-0.2, 0) is 11.2 Å². The van der Waals surface area contributed by atoms with E-state index < -0.39 is 0 Å². The van der Waals surface area contributed by atoms with Crippen LogP contribution in [0, 0.1) is 0 Å². The fraction of sp³-hybridized carbons (Fsp3) is 0.333. The summed E-state index contributed by atoms with van der Waals surface area (Å²) in [5.41, 5.74) is 0.576. The number of likely N-dealkylation sites (tertiary alicyclic amines) is 1. The highest BCUT2D eigenvalue weighted by Gasteiger charge is 2.33. The molecule has 0 aliphatic carbocycles. The Hall–Kier alpha value is -3.16. The summed E-state index contributed by atoms with van der Waals surface area (Å²) in [6, 6.07) is 10.7. The van der Waals surface area contributed by atoms with Crippen molar-refractivity contribution in [2.45, 2.75) is 31.7 Å². The van der Waals surface area contributed by atoms with E-state index in [0.29, 0.717) is 30.4 Å². The summed E-state index contributed by atoms with van der Waals surface area (Å²) < 4.78 is 10.4. The summed E-state index contributed by atoms with van der Waals surface area (Å²) in [7, 11) is 0. The summed E-state index contributed by atoms with van der Waals surface area (Å²) in [4.78, 5) is 29.9. The third-order valence-corrected chi connectivity index (χ3v) is 4.49. The number of hydrogen-bond acceptors (Lipinski definition) is 6. The fourth-order valence-electron chi connectivity index (χ4n) is 3.21. The van der Waals surface area contributed by atoms with Crippen LogP contribution in [0.15, 0.2) is 50.2 Å². The van der Waals surface area contributed by atoms with Gasteiger partial charge in [0.2, 0.25) is 17.6 Å². The molecule has 0 radical (unpaired) electrons. The van der Waals surface area contributed by atoms with Crippen LogP contribution >= 0.6 is 0 Å². The first-order chi connectivity index (χ1) is 12.7. The molecular formula is C18H18N4O4. The quantitative estimate of drug-likeness (QED) is 0.754. The van der Waals surface area contributed by atoms with Crippen molar-refractivity contribution in [1.29, 1.82) is 0 Å². The van der Waals surface area contributed by atoms with Crippen molar-refractivity contribution >= 4 is 5.91 Å². The van der Waals surface area contributed by atoms with Crippen molar-refractivity contribution in [2.24, 2.45) is 0 Å². The molecule has 8 heteroatoms. The molecule has 0 bridgehead atoms. The Balaban J connectivity index is 1.45. The average Bonchev–Trinajstić information content (AvgIpc) is 3.40. The molecule has 1 saturated heterocycles. The number of hydrogen-bond donors (Lipinski definition) is 1. The summed E-state index contributed by atoms with van der Waals surface area (Å²) >= 11 is 0. The Morgan fingerprint density at radius 3 is 2.92 bits per heavy atom. The van der Waals surface area contributed by atoms with Gasteiger partial charge in [0.1, 0.15) is 11.8 Å². The highest BCUT2D eigenvalue weighted by Crippen LogP contribution is 2.32. The van der Waals surface area contributed by atoms with E-state index in [0.717, 1.165) is 18.4 Å². The van der Waals surface area contributed by atoms with Gasteiger partial charge in [-0.1, -0.05) is 35.5 Å². The van der Waals surface area contributed by atoms with Crippen LogP contribution in [0.3, 0.4) is 0 Å². The van der Waals surface area contributed by atoms with Gasteiger partial charge < -0.3 is 13.9 Å². The van der Waals surface area contributed by atoms with Gasteiger partial charge in [-0.25, -0.2) is 0 Å². The molecule has 2 aromatic heterocycles. The molecule has 26 heavy (non-hydrogen) atoms. The number of carbonyl (C=O) groups excluding carboxylic acids is 1. The van der Waals surface area contributed by atoms with Crippen LogP contribution in [-0.4, -0.2) is 32.6 Å². The molecule has 4 rings (SSSR count). The van der Waals surface area contributed by atoms with Crippen LogP contribution in [0.25, 0.3) is 11.4 Å². The molecule has 3 aromatic rings. The van der Waals surface area contributed by atoms with Crippen molar-refractivity contribution in [2.75, 3.05) is 6.54 Å². The number of amides is 1. The van der Waals surface area contributed by atoms with Gasteiger partial charge in [-0.15, -0.1) is 0 Å². The number of benzene rings is 1. The zero-order chi connectivity index (χ0) is 17.9. The number of aromatic nitrogens is 3. The molecule has 1 N–H and O–H groups in total. The molecule has 1 fully saturated rings. The van der Waals surface area contributed by atoms with E-state index in [1.165, 1.54) is 6.07 Å².